The van der Waals surface area contributed by atoms with E-state index in [9.17, 15) is 4.79 Å². The van der Waals surface area contributed by atoms with E-state index in [-0.39, 0.29) is 5.97 Å². The summed E-state index contributed by atoms with van der Waals surface area (Å²) < 4.78 is 5.44. The quantitative estimate of drug-likeness (QED) is 0.546. The van der Waals surface area contributed by atoms with Gasteiger partial charge >= 0.3 is 5.97 Å². The van der Waals surface area contributed by atoms with Crippen LogP contribution < -0.4 is 4.90 Å². The molecule has 1 atom stereocenters. The van der Waals surface area contributed by atoms with Gasteiger partial charge in [-0.2, -0.15) is 0 Å². The lowest BCUT2D eigenvalue weighted by molar-refractivity contribution is -0.145. The SMILES string of the molecule is CCOC(=O)[C@@H](c1ccccc1)N(CCCN(CC)CC)c1ccccc1. The second kappa shape index (κ2) is 11.4. The lowest BCUT2D eigenvalue weighted by Crippen LogP contribution is -2.37. The topological polar surface area (TPSA) is 32.8 Å². The monoisotopic (exact) mass is 368 g/mol. The third-order valence-electron chi connectivity index (χ3n) is 4.79. The van der Waals surface area contributed by atoms with Gasteiger partial charge in [0, 0.05) is 12.2 Å². The van der Waals surface area contributed by atoms with Crippen LogP contribution in [0.2, 0.25) is 0 Å². The fraction of sp³-hybridized carbons (Fsp3) is 0.435. The first kappa shape index (κ1) is 21.0. The van der Waals surface area contributed by atoms with Gasteiger partial charge in [0.25, 0.3) is 0 Å². The van der Waals surface area contributed by atoms with Crippen molar-refractivity contribution < 1.29 is 9.53 Å². The number of nitrogens with zero attached hydrogens (tertiary/aromatic N) is 2. The van der Waals surface area contributed by atoms with Crippen LogP contribution in [0.3, 0.4) is 0 Å². The smallest absolute Gasteiger partial charge is 0.333 e. The van der Waals surface area contributed by atoms with Crippen molar-refractivity contribution in [2.45, 2.75) is 33.2 Å². The van der Waals surface area contributed by atoms with Crippen molar-refractivity contribution in [2.24, 2.45) is 0 Å². The highest BCUT2D eigenvalue weighted by molar-refractivity contribution is 5.82. The molecule has 0 aliphatic carbocycles. The number of ether oxygens (including phenoxy) is 1. The van der Waals surface area contributed by atoms with E-state index in [4.69, 9.17) is 4.74 Å². The number of esters is 1. The second-order valence-electron chi connectivity index (χ2n) is 6.47. The maximum absolute atomic E-state index is 12.9. The maximum Gasteiger partial charge on any atom is 0.333 e. The number of rotatable bonds is 11. The Hall–Kier alpha value is -2.33. The number of hydrogen-bond donors (Lipinski definition) is 0. The molecule has 0 N–H and O–H groups in total. The minimum Gasteiger partial charge on any atom is -0.464 e. The molecule has 2 aromatic rings. The van der Waals surface area contributed by atoms with Crippen LogP contribution in [-0.2, 0) is 9.53 Å². The molecular weight excluding hydrogens is 336 g/mol. The van der Waals surface area contributed by atoms with Crippen molar-refractivity contribution in [1.82, 2.24) is 4.90 Å². The van der Waals surface area contributed by atoms with Crippen molar-refractivity contribution in [3.63, 3.8) is 0 Å². The predicted octanol–water partition coefficient (Wildman–Crippen LogP) is 4.53. The van der Waals surface area contributed by atoms with Crippen LogP contribution in [0, 0.1) is 0 Å². The number of benzene rings is 2. The van der Waals surface area contributed by atoms with Crippen molar-refractivity contribution in [1.29, 1.82) is 0 Å². The maximum atomic E-state index is 12.9. The predicted molar refractivity (Wildman–Crippen MR) is 112 cm³/mol. The number of carbonyl (C=O) groups is 1. The van der Waals surface area contributed by atoms with Gasteiger partial charge < -0.3 is 14.5 Å². The first-order valence-electron chi connectivity index (χ1n) is 9.96. The molecule has 146 valence electrons. The summed E-state index contributed by atoms with van der Waals surface area (Å²) in [7, 11) is 0. The Bertz CT molecular complexity index is 657. The summed E-state index contributed by atoms with van der Waals surface area (Å²) in [5, 5.41) is 0. The Morgan fingerprint density at radius 2 is 1.48 bits per heavy atom. The van der Waals surface area contributed by atoms with E-state index in [1.807, 2.05) is 55.5 Å². The molecule has 2 rings (SSSR count). The van der Waals surface area contributed by atoms with Crippen LogP contribution in [0.4, 0.5) is 5.69 Å². The van der Waals surface area contributed by atoms with Gasteiger partial charge in [0.1, 0.15) is 0 Å². The summed E-state index contributed by atoms with van der Waals surface area (Å²) in [6.45, 7) is 10.5. The fourth-order valence-electron chi connectivity index (χ4n) is 3.33. The van der Waals surface area contributed by atoms with Gasteiger partial charge in [-0.1, -0.05) is 62.4 Å². The standard InChI is InChI=1S/C23H32N2O2/c1-4-24(5-2)18-13-19-25(21-16-11-8-12-17-21)22(23(26)27-6-3)20-14-9-7-10-15-20/h7-12,14-17,22H,4-6,13,18-19H2,1-3H3/t22-/m1/s1. The molecule has 0 saturated carbocycles. The molecule has 27 heavy (non-hydrogen) atoms. The Labute approximate surface area is 163 Å². The molecule has 0 aromatic heterocycles. The summed E-state index contributed by atoms with van der Waals surface area (Å²) in [5.74, 6) is -0.199. The summed E-state index contributed by atoms with van der Waals surface area (Å²) in [6, 6.07) is 19.6. The van der Waals surface area contributed by atoms with Gasteiger partial charge in [-0.05, 0) is 50.7 Å². The van der Waals surface area contributed by atoms with Crippen molar-refractivity contribution in [3.05, 3.63) is 66.2 Å². The molecule has 0 aliphatic rings. The van der Waals surface area contributed by atoms with E-state index in [2.05, 4.69) is 35.8 Å². The van der Waals surface area contributed by atoms with Crippen molar-refractivity contribution in [2.75, 3.05) is 37.7 Å². The molecular formula is C23H32N2O2. The van der Waals surface area contributed by atoms with Crippen molar-refractivity contribution in [3.8, 4) is 0 Å². The van der Waals surface area contributed by atoms with Crippen LogP contribution in [0.1, 0.15) is 38.8 Å². The highest BCUT2D eigenvalue weighted by atomic mass is 16.5. The highest BCUT2D eigenvalue weighted by Gasteiger charge is 2.29. The molecule has 0 fully saturated rings. The third kappa shape index (κ3) is 6.10. The van der Waals surface area contributed by atoms with Crippen LogP contribution in [-0.4, -0.2) is 43.7 Å². The largest absolute Gasteiger partial charge is 0.464 e. The Morgan fingerprint density at radius 3 is 2.04 bits per heavy atom. The van der Waals surface area contributed by atoms with Crippen molar-refractivity contribution >= 4 is 11.7 Å². The lowest BCUT2D eigenvalue weighted by Gasteiger charge is -2.33. The zero-order chi connectivity index (χ0) is 19.5. The van der Waals surface area contributed by atoms with E-state index in [1.54, 1.807) is 0 Å². The molecule has 0 radical (unpaired) electrons. The molecule has 0 amide bonds. The van der Waals surface area contributed by atoms with Crippen LogP contribution in [0.25, 0.3) is 0 Å². The van der Waals surface area contributed by atoms with Gasteiger partial charge in [0.05, 0.1) is 6.61 Å². The molecule has 4 heteroatoms. The first-order valence-corrected chi connectivity index (χ1v) is 9.96. The van der Waals surface area contributed by atoms with Gasteiger partial charge in [0.2, 0.25) is 0 Å². The van der Waals surface area contributed by atoms with Gasteiger partial charge in [-0.15, -0.1) is 0 Å². The van der Waals surface area contributed by atoms with E-state index in [1.165, 1.54) is 0 Å². The van der Waals surface area contributed by atoms with E-state index in [0.717, 1.165) is 43.9 Å². The highest BCUT2D eigenvalue weighted by Crippen LogP contribution is 2.28. The number of para-hydroxylation sites is 1. The van der Waals surface area contributed by atoms with Gasteiger partial charge in [-0.25, -0.2) is 4.79 Å². The molecule has 0 bridgehead atoms. The van der Waals surface area contributed by atoms with Crippen LogP contribution in [0.15, 0.2) is 60.7 Å². The summed E-state index contributed by atoms with van der Waals surface area (Å²) >= 11 is 0. The molecule has 0 unspecified atom stereocenters. The zero-order valence-corrected chi connectivity index (χ0v) is 16.8. The molecule has 0 heterocycles. The summed E-state index contributed by atoms with van der Waals surface area (Å²) in [5.41, 5.74) is 2.00. The fourth-order valence-corrected chi connectivity index (χ4v) is 3.33. The van der Waals surface area contributed by atoms with E-state index >= 15 is 0 Å². The van der Waals surface area contributed by atoms with Gasteiger partial charge in [-0.3, -0.25) is 0 Å². The average Bonchev–Trinajstić information content (AvgIpc) is 2.72. The molecule has 4 nitrogen and oxygen atoms in total. The number of anilines is 1. The Kier molecular flexibility index (Phi) is 8.85. The minimum atomic E-state index is -0.440. The molecule has 0 spiro atoms. The van der Waals surface area contributed by atoms with Crippen LogP contribution in [0.5, 0.6) is 0 Å². The van der Waals surface area contributed by atoms with E-state index in [0.29, 0.717) is 6.61 Å². The summed E-state index contributed by atoms with van der Waals surface area (Å²) in [4.78, 5) is 17.5. The third-order valence-corrected chi connectivity index (χ3v) is 4.79. The molecule has 0 aliphatic heterocycles. The summed E-state index contributed by atoms with van der Waals surface area (Å²) in [6.07, 6.45) is 0.985. The second-order valence-corrected chi connectivity index (χ2v) is 6.47. The Balaban J connectivity index is 2.30. The first-order chi connectivity index (χ1) is 13.2. The average molecular weight is 369 g/mol. The van der Waals surface area contributed by atoms with Gasteiger partial charge in [0.15, 0.2) is 6.04 Å². The van der Waals surface area contributed by atoms with Crippen LogP contribution >= 0.6 is 0 Å². The normalized spacial score (nSPS) is 12.0. The van der Waals surface area contributed by atoms with E-state index < -0.39 is 6.04 Å². The number of hydrogen-bond acceptors (Lipinski definition) is 4. The lowest BCUT2D eigenvalue weighted by atomic mass is 10.0. The zero-order valence-electron chi connectivity index (χ0n) is 16.8. The Morgan fingerprint density at radius 1 is 0.889 bits per heavy atom. The minimum absolute atomic E-state index is 0.199. The molecule has 0 saturated heterocycles. The molecule has 2 aromatic carbocycles. The number of carbonyl (C=O) groups excluding carboxylic acids is 1.